The third-order valence-electron chi connectivity index (χ3n) is 6.48. The van der Waals surface area contributed by atoms with Crippen LogP contribution < -0.4 is 34.7 Å². The van der Waals surface area contributed by atoms with Crippen molar-refractivity contribution in [3.8, 4) is 0 Å². The van der Waals surface area contributed by atoms with Gasteiger partial charge in [0.25, 0.3) is 0 Å². The zero-order chi connectivity index (χ0) is 26.4. The third-order valence-corrected chi connectivity index (χ3v) is 6.48. The van der Waals surface area contributed by atoms with E-state index < -0.39 is 17.6 Å². The van der Waals surface area contributed by atoms with Crippen LogP contribution in [0.2, 0.25) is 0 Å². The predicted octanol–water partition coefficient (Wildman–Crippen LogP) is 0.807. The molecule has 0 aliphatic carbocycles. The van der Waals surface area contributed by atoms with E-state index in [1.54, 1.807) is 24.3 Å². The minimum absolute atomic E-state index is 0. The maximum absolute atomic E-state index is 13.4. The molecule has 3 aromatic rings. The SMILES string of the molecule is CC(C)(O)[C@H](N=C(c1ccccc1)c1ccccc1N=C([O-])[C@@H]1CCCN1Cc1ccccc1)C(=O)O.[Na+]. The van der Waals surface area contributed by atoms with Crippen LogP contribution in [-0.4, -0.2) is 56.9 Å². The summed E-state index contributed by atoms with van der Waals surface area (Å²) in [4.78, 5) is 23.2. The number of aliphatic carboxylic acids is 1. The number of hydrogen-bond acceptors (Lipinski definition) is 6. The summed E-state index contributed by atoms with van der Waals surface area (Å²) in [6.07, 6.45) is 1.65. The summed E-state index contributed by atoms with van der Waals surface area (Å²) in [5.41, 5.74) is 1.52. The number of carboxylic acids is 1. The van der Waals surface area contributed by atoms with Crippen LogP contribution in [0, 0.1) is 0 Å². The Labute approximate surface area is 245 Å². The fraction of sp³-hybridized carbons (Fsp3) is 0.300. The van der Waals surface area contributed by atoms with Crippen molar-refractivity contribution in [1.29, 1.82) is 0 Å². The van der Waals surface area contributed by atoms with Crippen LogP contribution in [0.3, 0.4) is 0 Å². The van der Waals surface area contributed by atoms with Gasteiger partial charge in [-0.2, -0.15) is 0 Å². The van der Waals surface area contributed by atoms with Crippen molar-refractivity contribution in [2.24, 2.45) is 9.98 Å². The molecular weight excluding hydrogens is 489 g/mol. The molecule has 0 amide bonds. The van der Waals surface area contributed by atoms with E-state index in [4.69, 9.17) is 0 Å². The van der Waals surface area contributed by atoms with E-state index in [9.17, 15) is 20.1 Å². The fourth-order valence-corrected chi connectivity index (χ4v) is 4.62. The van der Waals surface area contributed by atoms with Crippen LogP contribution in [0.1, 0.15) is 43.4 Å². The van der Waals surface area contributed by atoms with Gasteiger partial charge in [-0.25, -0.2) is 4.79 Å². The number of rotatable bonds is 9. The molecule has 8 heteroatoms. The Bertz CT molecular complexity index is 1270. The van der Waals surface area contributed by atoms with E-state index in [1.807, 2.05) is 48.5 Å². The topological polar surface area (TPSA) is 109 Å². The molecule has 1 fully saturated rings. The average molecular weight is 522 g/mol. The first-order valence-corrected chi connectivity index (χ1v) is 12.5. The summed E-state index contributed by atoms with van der Waals surface area (Å²) in [6.45, 7) is 4.33. The molecule has 0 bridgehead atoms. The van der Waals surface area contributed by atoms with Crippen molar-refractivity contribution < 1.29 is 49.7 Å². The molecule has 0 saturated carbocycles. The Balaban J connectivity index is 0.00000400. The summed E-state index contributed by atoms with van der Waals surface area (Å²) in [5, 5.41) is 33.8. The molecule has 3 aromatic carbocycles. The molecule has 0 spiro atoms. The van der Waals surface area contributed by atoms with Gasteiger partial charge in [0.2, 0.25) is 0 Å². The quantitative estimate of drug-likeness (QED) is 0.246. The molecule has 38 heavy (non-hydrogen) atoms. The molecule has 0 unspecified atom stereocenters. The van der Waals surface area contributed by atoms with Gasteiger partial charge < -0.3 is 15.3 Å². The van der Waals surface area contributed by atoms with Crippen molar-refractivity contribution in [3.63, 3.8) is 0 Å². The second-order valence-corrected chi connectivity index (χ2v) is 9.82. The maximum Gasteiger partial charge on any atom is 1.00 e. The van der Waals surface area contributed by atoms with E-state index in [2.05, 4.69) is 27.0 Å². The Hall–Kier alpha value is -2.81. The molecule has 7 nitrogen and oxygen atoms in total. The molecule has 192 valence electrons. The second kappa shape index (κ2) is 13.3. The van der Waals surface area contributed by atoms with Gasteiger partial charge in [0.05, 0.1) is 17.0 Å². The largest absolute Gasteiger partial charge is 1.00 e. The van der Waals surface area contributed by atoms with E-state index >= 15 is 0 Å². The van der Waals surface area contributed by atoms with Gasteiger partial charge in [-0.15, -0.1) is 0 Å². The summed E-state index contributed by atoms with van der Waals surface area (Å²) in [5.74, 6) is -1.47. The molecule has 2 atom stereocenters. The maximum atomic E-state index is 13.4. The van der Waals surface area contributed by atoms with Gasteiger partial charge in [-0.05, 0) is 50.8 Å². The molecule has 1 aliphatic rings. The second-order valence-electron chi connectivity index (χ2n) is 9.82. The molecule has 0 radical (unpaired) electrons. The molecule has 4 rings (SSSR count). The number of nitrogens with zero attached hydrogens (tertiary/aromatic N) is 3. The first kappa shape index (κ1) is 29.7. The van der Waals surface area contributed by atoms with Gasteiger partial charge in [0.1, 0.15) is 0 Å². The standard InChI is InChI=1S/C30H33N3O4.Na/c1-30(2,37)27(29(35)36)32-26(22-14-7-4-8-15-22)23-16-9-10-17-24(23)31-28(34)25-18-11-19-33(25)20-21-12-5-3-6-13-21;/h3-10,12-17,25,27,37H,11,18-20H2,1-2H3,(H,31,34)(H,35,36);/q;+1/p-1/t25-,27+;/m0./s1. The van der Waals surface area contributed by atoms with Gasteiger partial charge in [-0.3, -0.25) is 14.9 Å². The summed E-state index contributed by atoms with van der Waals surface area (Å²) in [6, 6.07) is 24.6. The molecule has 1 heterocycles. The Morgan fingerprint density at radius 2 is 1.63 bits per heavy atom. The monoisotopic (exact) mass is 521 g/mol. The van der Waals surface area contributed by atoms with Crippen LogP contribution in [0.5, 0.6) is 0 Å². The normalized spacial score (nSPS) is 17.6. The summed E-state index contributed by atoms with van der Waals surface area (Å²) in [7, 11) is 0. The molecule has 1 aliphatic heterocycles. The number of likely N-dealkylation sites (tertiary alicyclic amines) is 1. The van der Waals surface area contributed by atoms with E-state index in [0.717, 1.165) is 24.9 Å². The first-order valence-electron chi connectivity index (χ1n) is 12.5. The van der Waals surface area contributed by atoms with Gasteiger partial charge in [-0.1, -0.05) is 78.9 Å². The Morgan fingerprint density at radius 3 is 2.26 bits per heavy atom. The zero-order valence-electron chi connectivity index (χ0n) is 22.1. The van der Waals surface area contributed by atoms with Crippen LogP contribution >= 0.6 is 0 Å². The van der Waals surface area contributed by atoms with Gasteiger partial charge >= 0.3 is 35.5 Å². The average Bonchev–Trinajstić information content (AvgIpc) is 3.33. The van der Waals surface area contributed by atoms with Crippen molar-refractivity contribution in [2.75, 3.05) is 6.54 Å². The first-order chi connectivity index (χ1) is 17.7. The number of hydrogen-bond donors (Lipinski definition) is 2. The molecule has 2 N–H and O–H groups in total. The number of carboxylic acid groups (broad SMARTS) is 1. The van der Waals surface area contributed by atoms with Crippen molar-refractivity contribution in [1.82, 2.24) is 4.90 Å². The van der Waals surface area contributed by atoms with E-state index in [-0.39, 0.29) is 41.5 Å². The minimum Gasteiger partial charge on any atom is -0.861 e. The number of para-hydroxylation sites is 1. The molecule has 1 saturated heterocycles. The third kappa shape index (κ3) is 7.40. The number of aliphatic imine (C=N–C) groups is 2. The van der Waals surface area contributed by atoms with Crippen molar-refractivity contribution in [2.45, 2.75) is 50.9 Å². The van der Waals surface area contributed by atoms with Crippen LogP contribution in [0.15, 0.2) is 94.9 Å². The van der Waals surface area contributed by atoms with Crippen LogP contribution in [-0.2, 0) is 11.3 Å². The number of aliphatic hydroxyl groups is 1. The summed E-state index contributed by atoms with van der Waals surface area (Å²) < 4.78 is 0. The van der Waals surface area contributed by atoms with Crippen molar-refractivity contribution in [3.05, 3.63) is 102 Å². The zero-order valence-corrected chi connectivity index (χ0v) is 24.1. The van der Waals surface area contributed by atoms with Crippen LogP contribution in [0.25, 0.3) is 0 Å². The minimum atomic E-state index is -1.60. The Morgan fingerprint density at radius 1 is 1.03 bits per heavy atom. The van der Waals surface area contributed by atoms with Crippen LogP contribution in [0.4, 0.5) is 5.69 Å². The molecule has 0 aromatic heterocycles. The number of benzene rings is 3. The van der Waals surface area contributed by atoms with Gasteiger partial charge in [0.15, 0.2) is 6.04 Å². The van der Waals surface area contributed by atoms with Crippen molar-refractivity contribution >= 4 is 23.3 Å². The number of carbonyl (C=O) groups is 1. The predicted molar refractivity (Wildman–Crippen MR) is 143 cm³/mol. The molecular formula is C30H32N3NaO4. The fourth-order valence-electron chi connectivity index (χ4n) is 4.62. The van der Waals surface area contributed by atoms with E-state index in [0.29, 0.717) is 29.1 Å². The smallest absolute Gasteiger partial charge is 0.861 e. The van der Waals surface area contributed by atoms with E-state index in [1.165, 1.54) is 13.8 Å². The van der Waals surface area contributed by atoms with Gasteiger partial charge in [0, 0.05) is 23.7 Å². The Kier molecular flexibility index (Phi) is 10.4. The summed E-state index contributed by atoms with van der Waals surface area (Å²) >= 11 is 0.